The van der Waals surface area contributed by atoms with Gasteiger partial charge in [-0.2, -0.15) is 0 Å². The van der Waals surface area contributed by atoms with Crippen LogP contribution in [-0.4, -0.2) is 65.6 Å². The summed E-state index contributed by atoms with van der Waals surface area (Å²) in [5.74, 6) is 0.164. The van der Waals surface area contributed by atoms with E-state index in [4.69, 9.17) is 0 Å². The summed E-state index contributed by atoms with van der Waals surface area (Å²) in [5, 5.41) is 3.39. The largest absolute Gasteiger partial charge is 0.340 e. The van der Waals surface area contributed by atoms with Crippen molar-refractivity contribution in [2.45, 2.75) is 32.4 Å². The first-order valence-electron chi connectivity index (χ1n) is 8.17. The van der Waals surface area contributed by atoms with Crippen LogP contribution in [0.3, 0.4) is 0 Å². The second kappa shape index (κ2) is 6.72. The van der Waals surface area contributed by atoms with E-state index in [1.165, 1.54) is 0 Å². The van der Waals surface area contributed by atoms with Crippen LogP contribution in [0, 0.1) is 0 Å². The molecule has 0 bridgehead atoms. The highest BCUT2D eigenvalue weighted by molar-refractivity contribution is 9.10. The molecular weight excluding hydrogens is 344 g/mol. The summed E-state index contributed by atoms with van der Waals surface area (Å²) in [4.78, 5) is 17.4. The lowest BCUT2D eigenvalue weighted by atomic mass is 10.2. The Bertz CT molecular complexity index is 536. The number of nitrogens with zero attached hydrogens (tertiary/aromatic N) is 3. The molecular formula is C16H25BrN4O. The summed E-state index contributed by atoms with van der Waals surface area (Å²) < 4.78 is 3.03. The minimum Gasteiger partial charge on any atom is -0.340 e. The van der Waals surface area contributed by atoms with Crippen LogP contribution in [0.5, 0.6) is 0 Å². The van der Waals surface area contributed by atoms with Crippen molar-refractivity contribution in [3.05, 3.63) is 22.4 Å². The number of hydrogen-bond acceptors (Lipinski definition) is 3. The number of halogens is 1. The monoisotopic (exact) mass is 368 g/mol. The van der Waals surface area contributed by atoms with Gasteiger partial charge in [-0.25, -0.2) is 0 Å². The molecule has 2 saturated heterocycles. The van der Waals surface area contributed by atoms with Gasteiger partial charge in [-0.3, -0.25) is 9.69 Å². The van der Waals surface area contributed by atoms with Crippen molar-refractivity contribution in [2.75, 3.05) is 39.3 Å². The van der Waals surface area contributed by atoms with E-state index in [0.29, 0.717) is 6.04 Å². The predicted octanol–water partition coefficient (Wildman–Crippen LogP) is 1.95. The molecule has 5 nitrogen and oxygen atoms in total. The van der Waals surface area contributed by atoms with Gasteiger partial charge in [0.15, 0.2) is 0 Å². The van der Waals surface area contributed by atoms with E-state index < -0.39 is 0 Å². The number of hydrogen-bond donors (Lipinski definition) is 1. The minimum atomic E-state index is 0.164. The molecule has 0 aliphatic carbocycles. The van der Waals surface area contributed by atoms with Crippen LogP contribution in [-0.2, 0) is 0 Å². The van der Waals surface area contributed by atoms with Crippen LogP contribution in [0.2, 0.25) is 0 Å². The Labute approximate surface area is 140 Å². The molecule has 22 heavy (non-hydrogen) atoms. The van der Waals surface area contributed by atoms with Crippen LogP contribution in [0.15, 0.2) is 16.7 Å². The number of rotatable bonds is 3. The molecule has 1 amide bonds. The van der Waals surface area contributed by atoms with Gasteiger partial charge < -0.3 is 14.8 Å². The van der Waals surface area contributed by atoms with Crippen molar-refractivity contribution in [1.82, 2.24) is 19.7 Å². The maximum Gasteiger partial charge on any atom is 0.270 e. The molecule has 3 heterocycles. The van der Waals surface area contributed by atoms with Gasteiger partial charge in [-0.05, 0) is 42.3 Å². The fourth-order valence-electron chi connectivity index (χ4n) is 3.48. The first-order chi connectivity index (χ1) is 10.6. The molecule has 2 fully saturated rings. The van der Waals surface area contributed by atoms with Gasteiger partial charge in [0.25, 0.3) is 5.91 Å². The molecule has 0 spiro atoms. The van der Waals surface area contributed by atoms with Gasteiger partial charge >= 0.3 is 0 Å². The second-order valence-electron chi connectivity index (χ2n) is 6.52. The maximum absolute atomic E-state index is 12.9. The molecule has 0 radical (unpaired) electrons. The number of likely N-dealkylation sites (tertiary alicyclic amines) is 1. The van der Waals surface area contributed by atoms with Crippen molar-refractivity contribution in [3.8, 4) is 0 Å². The third-order valence-electron chi connectivity index (χ3n) is 4.71. The number of nitrogens with one attached hydrogen (secondary N) is 1. The normalized spacial score (nSPS) is 23.5. The van der Waals surface area contributed by atoms with Crippen LogP contribution >= 0.6 is 15.9 Å². The quantitative estimate of drug-likeness (QED) is 0.886. The molecule has 3 rings (SSSR count). The Morgan fingerprint density at radius 3 is 2.73 bits per heavy atom. The van der Waals surface area contributed by atoms with Crippen LogP contribution in [0.25, 0.3) is 0 Å². The SMILES string of the molecule is CC(C)n1cc(Br)cc1C(=O)N1CCC(N2CCNCC2)C1. The molecule has 2 aliphatic rings. The van der Waals surface area contributed by atoms with Crippen molar-refractivity contribution in [1.29, 1.82) is 0 Å². The average Bonchev–Trinajstić information content (AvgIpc) is 3.14. The summed E-state index contributed by atoms with van der Waals surface area (Å²) in [6.07, 6.45) is 3.09. The maximum atomic E-state index is 12.9. The Hall–Kier alpha value is -0.850. The van der Waals surface area contributed by atoms with Gasteiger partial charge in [0.2, 0.25) is 0 Å². The summed E-state index contributed by atoms with van der Waals surface area (Å²) in [6.45, 7) is 10.3. The first-order valence-corrected chi connectivity index (χ1v) is 8.97. The third kappa shape index (κ3) is 3.24. The molecule has 122 valence electrons. The van der Waals surface area contributed by atoms with E-state index in [1.54, 1.807) is 0 Å². The minimum absolute atomic E-state index is 0.164. The number of amides is 1. The highest BCUT2D eigenvalue weighted by Crippen LogP contribution is 2.23. The smallest absolute Gasteiger partial charge is 0.270 e. The zero-order valence-corrected chi connectivity index (χ0v) is 15.0. The lowest BCUT2D eigenvalue weighted by Gasteiger charge is -2.32. The summed E-state index contributed by atoms with van der Waals surface area (Å²) in [5.41, 5.74) is 0.794. The molecule has 0 saturated carbocycles. The van der Waals surface area contributed by atoms with Gasteiger partial charge in [-0.15, -0.1) is 0 Å². The molecule has 2 aliphatic heterocycles. The molecule has 1 aromatic heterocycles. The molecule has 1 atom stereocenters. The van der Waals surface area contributed by atoms with Crippen molar-refractivity contribution in [2.24, 2.45) is 0 Å². The topological polar surface area (TPSA) is 40.5 Å². The molecule has 1 unspecified atom stereocenters. The summed E-state index contributed by atoms with van der Waals surface area (Å²) >= 11 is 3.50. The number of carbonyl (C=O) groups is 1. The predicted molar refractivity (Wildman–Crippen MR) is 91.3 cm³/mol. The standard InChI is InChI=1S/C16H25BrN4O/c1-12(2)21-10-13(17)9-15(21)16(22)20-6-3-14(11-20)19-7-4-18-5-8-19/h9-10,12,14,18H,3-8,11H2,1-2H3. The zero-order valence-electron chi connectivity index (χ0n) is 13.4. The molecule has 0 aromatic carbocycles. The highest BCUT2D eigenvalue weighted by atomic mass is 79.9. The Morgan fingerprint density at radius 1 is 1.32 bits per heavy atom. The van der Waals surface area contributed by atoms with Crippen LogP contribution < -0.4 is 5.32 Å². The average molecular weight is 369 g/mol. The van der Waals surface area contributed by atoms with E-state index in [1.807, 2.05) is 17.2 Å². The highest BCUT2D eigenvalue weighted by Gasteiger charge is 2.32. The van der Waals surface area contributed by atoms with Crippen molar-refractivity contribution < 1.29 is 4.79 Å². The van der Waals surface area contributed by atoms with E-state index in [-0.39, 0.29) is 11.9 Å². The second-order valence-corrected chi connectivity index (χ2v) is 7.44. The number of carbonyl (C=O) groups excluding carboxylic acids is 1. The van der Waals surface area contributed by atoms with E-state index in [0.717, 1.165) is 55.9 Å². The lowest BCUT2D eigenvalue weighted by molar-refractivity contribution is 0.0761. The summed E-state index contributed by atoms with van der Waals surface area (Å²) in [7, 11) is 0. The van der Waals surface area contributed by atoms with Gasteiger partial charge in [0, 0.05) is 62.0 Å². The Morgan fingerprint density at radius 2 is 2.05 bits per heavy atom. The Kier molecular flexibility index (Phi) is 4.90. The van der Waals surface area contributed by atoms with Gasteiger partial charge in [-0.1, -0.05) is 0 Å². The molecule has 1 aromatic rings. The lowest BCUT2D eigenvalue weighted by Crippen LogP contribution is -2.49. The fourth-order valence-corrected chi connectivity index (χ4v) is 3.92. The fraction of sp³-hybridized carbons (Fsp3) is 0.688. The Balaban J connectivity index is 1.68. The van der Waals surface area contributed by atoms with Crippen molar-refractivity contribution >= 4 is 21.8 Å². The van der Waals surface area contributed by atoms with Gasteiger partial charge in [0.1, 0.15) is 5.69 Å². The summed E-state index contributed by atoms with van der Waals surface area (Å²) in [6, 6.07) is 2.76. The zero-order chi connectivity index (χ0) is 15.7. The van der Waals surface area contributed by atoms with Gasteiger partial charge in [0.05, 0.1) is 0 Å². The first kappa shape index (κ1) is 16.0. The molecule has 1 N–H and O–H groups in total. The molecule has 6 heteroatoms. The van der Waals surface area contributed by atoms with E-state index in [9.17, 15) is 4.79 Å². The van der Waals surface area contributed by atoms with Crippen molar-refractivity contribution in [3.63, 3.8) is 0 Å². The van der Waals surface area contributed by atoms with E-state index in [2.05, 4.69) is 44.6 Å². The van der Waals surface area contributed by atoms with Crippen LogP contribution in [0.1, 0.15) is 36.8 Å². The van der Waals surface area contributed by atoms with Crippen LogP contribution in [0.4, 0.5) is 0 Å². The van der Waals surface area contributed by atoms with E-state index >= 15 is 0 Å². The number of piperazine rings is 1. The number of aromatic nitrogens is 1. The third-order valence-corrected chi connectivity index (χ3v) is 5.14.